The molecule has 7 heteroatoms. The molecule has 0 aliphatic carbocycles. The number of H-pyrrole nitrogens is 1. The number of carbonyl (C=O) groups excluding carboxylic acids is 1. The van der Waals surface area contributed by atoms with E-state index < -0.39 is 0 Å². The van der Waals surface area contributed by atoms with Crippen LogP contribution in [0.1, 0.15) is 0 Å². The number of amides is 1. The Balaban J connectivity index is 2.10. The van der Waals surface area contributed by atoms with Crippen molar-refractivity contribution >= 4 is 34.7 Å². The number of aromatic amines is 1. The third-order valence-electron chi connectivity index (χ3n) is 3.47. The van der Waals surface area contributed by atoms with Gasteiger partial charge in [-0.2, -0.15) is 0 Å². The van der Waals surface area contributed by atoms with Gasteiger partial charge in [-0.25, -0.2) is 0 Å². The van der Waals surface area contributed by atoms with E-state index in [-0.39, 0.29) is 18.1 Å². The lowest BCUT2D eigenvalue weighted by Crippen LogP contribution is -2.21. The van der Waals surface area contributed by atoms with Crippen molar-refractivity contribution < 1.29 is 9.53 Å². The van der Waals surface area contributed by atoms with E-state index in [1.807, 2.05) is 6.07 Å². The van der Waals surface area contributed by atoms with Crippen LogP contribution in [0.5, 0.6) is 0 Å². The number of nitrogens with zero attached hydrogens (tertiary/aromatic N) is 1. The van der Waals surface area contributed by atoms with Gasteiger partial charge in [-0.1, -0.05) is 18.2 Å². The van der Waals surface area contributed by atoms with Crippen LogP contribution in [0, 0.1) is 4.77 Å². The molecule has 0 spiro atoms. The van der Waals surface area contributed by atoms with Crippen LogP contribution >= 0.6 is 12.2 Å². The summed E-state index contributed by atoms with van der Waals surface area (Å²) in [7, 11) is 1.45. The fourth-order valence-corrected chi connectivity index (χ4v) is 2.75. The molecule has 1 aromatic heterocycles. The first-order chi connectivity index (χ1) is 11.6. The standard InChI is InChI=1S/C17H15N3O3S/c1-23-10-15(21)18-11-5-4-6-12(9-11)20-16(22)13-7-2-3-8-14(13)19-17(20)24/h2-9H,10H2,1H3,(H,18,21)(H,19,24). The molecule has 2 aromatic carbocycles. The summed E-state index contributed by atoms with van der Waals surface area (Å²) in [5.41, 5.74) is 1.61. The van der Waals surface area contributed by atoms with Gasteiger partial charge >= 0.3 is 0 Å². The van der Waals surface area contributed by atoms with Crippen molar-refractivity contribution in [1.29, 1.82) is 0 Å². The number of ether oxygens (including phenoxy) is 1. The van der Waals surface area contributed by atoms with Crippen molar-refractivity contribution in [2.45, 2.75) is 0 Å². The van der Waals surface area contributed by atoms with Crippen LogP contribution < -0.4 is 10.9 Å². The summed E-state index contributed by atoms with van der Waals surface area (Å²) < 4.78 is 6.49. The second-order valence-corrected chi connectivity index (χ2v) is 5.53. The van der Waals surface area contributed by atoms with E-state index in [9.17, 15) is 9.59 Å². The van der Waals surface area contributed by atoms with E-state index in [0.717, 1.165) is 0 Å². The van der Waals surface area contributed by atoms with Gasteiger partial charge in [0.25, 0.3) is 5.56 Å². The van der Waals surface area contributed by atoms with Gasteiger partial charge in [0, 0.05) is 12.8 Å². The lowest BCUT2D eigenvalue weighted by molar-refractivity contribution is -0.119. The second kappa shape index (κ2) is 6.77. The zero-order valence-corrected chi connectivity index (χ0v) is 13.7. The molecule has 1 heterocycles. The first-order valence-corrected chi connectivity index (χ1v) is 7.64. The van der Waals surface area contributed by atoms with Crippen molar-refractivity contribution in [2.75, 3.05) is 19.0 Å². The Morgan fingerprint density at radius 2 is 2.04 bits per heavy atom. The van der Waals surface area contributed by atoms with Gasteiger partial charge in [-0.3, -0.25) is 14.2 Å². The van der Waals surface area contributed by atoms with Crippen LogP contribution in [0.3, 0.4) is 0 Å². The minimum Gasteiger partial charge on any atom is -0.375 e. The van der Waals surface area contributed by atoms with Gasteiger partial charge in [0.05, 0.1) is 16.6 Å². The molecule has 0 aliphatic heterocycles. The second-order valence-electron chi connectivity index (χ2n) is 5.15. The van der Waals surface area contributed by atoms with Gasteiger partial charge in [0.1, 0.15) is 6.61 Å². The van der Waals surface area contributed by atoms with Crippen LogP contribution in [-0.4, -0.2) is 29.2 Å². The van der Waals surface area contributed by atoms with Crippen LogP contribution in [-0.2, 0) is 9.53 Å². The van der Waals surface area contributed by atoms with Crippen molar-refractivity contribution in [1.82, 2.24) is 9.55 Å². The zero-order chi connectivity index (χ0) is 17.1. The normalized spacial score (nSPS) is 10.7. The Kier molecular flexibility index (Phi) is 4.54. The highest BCUT2D eigenvalue weighted by Crippen LogP contribution is 2.15. The topological polar surface area (TPSA) is 76.1 Å². The predicted octanol–water partition coefficient (Wildman–Crippen LogP) is 2.63. The molecule has 24 heavy (non-hydrogen) atoms. The molecular formula is C17H15N3O3S. The first kappa shape index (κ1) is 16.1. The molecule has 1 amide bonds. The summed E-state index contributed by atoms with van der Waals surface area (Å²) in [4.78, 5) is 27.4. The lowest BCUT2D eigenvalue weighted by Gasteiger charge is -2.10. The molecule has 0 unspecified atom stereocenters. The average Bonchev–Trinajstić information content (AvgIpc) is 2.55. The molecule has 0 fully saturated rings. The summed E-state index contributed by atoms with van der Waals surface area (Å²) >= 11 is 5.32. The molecule has 6 nitrogen and oxygen atoms in total. The number of carbonyl (C=O) groups is 1. The van der Waals surface area contributed by atoms with Gasteiger partial charge in [0.2, 0.25) is 5.91 Å². The number of aromatic nitrogens is 2. The first-order valence-electron chi connectivity index (χ1n) is 7.23. The van der Waals surface area contributed by atoms with E-state index in [0.29, 0.717) is 27.0 Å². The van der Waals surface area contributed by atoms with Crippen molar-refractivity contribution in [2.24, 2.45) is 0 Å². The highest BCUT2D eigenvalue weighted by atomic mass is 32.1. The number of hydrogen-bond donors (Lipinski definition) is 2. The molecule has 0 atom stereocenters. The van der Waals surface area contributed by atoms with E-state index in [1.165, 1.54) is 11.7 Å². The number of fused-ring (bicyclic) bond motifs is 1. The van der Waals surface area contributed by atoms with Crippen LogP contribution in [0.4, 0.5) is 5.69 Å². The van der Waals surface area contributed by atoms with Gasteiger partial charge in [-0.15, -0.1) is 0 Å². The molecule has 3 rings (SSSR count). The van der Waals surface area contributed by atoms with E-state index in [4.69, 9.17) is 17.0 Å². The summed E-state index contributed by atoms with van der Waals surface area (Å²) in [5.74, 6) is -0.273. The smallest absolute Gasteiger partial charge is 0.266 e. The Labute approximate surface area is 142 Å². The van der Waals surface area contributed by atoms with E-state index >= 15 is 0 Å². The molecule has 122 valence electrons. The Hall–Kier alpha value is -2.77. The van der Waals surface area contributed by atoms with Crippen molar-refractivity contribution in [3.05, 3.63) is 63.7 Å². The number of benzene rings is 2. The molecule has 0 saturated heterocycles. The highest BCUT2D eigenvalue weighted by Gasteiger charge is 2.08. The van der Waals surface area contributed by atoms with Crippen LogP contribution in [0.2, 0.25) is 0 Å². The maximum atomic E-state index is 12.8. The monoisotopic (exact) mass is 341 g/mol. The maximum absolute atomic E-state index is 12.8. The lowest BCUT2D eigenvalue weighted by atomic mass is 10.2. The average molecular weight is 341 g/mol. The molecule has 0 saturated carbocycles. The number of nitrogens with one attached hydrogen (secondary N) is 2. The number of para-hydroxylation sites is 1. The van der Waals surface area contributed by atoms with Crippen LogP contribution in [0.15, 0.2) is 53.3 Å². The number of anilines is 1. The van der Waals surface area contributed by atoms with Gasteiger partial charge in [0.15, 0.2) is 4.77 Å². The SMILES string of the molecule is COCC(=O)Nc1cccc(-n2c(=S)[nH]c3ccccc3c2=O)c1. The summed E-state index contributed by atoms with van der Waals surface area (Å²) in [6.07, 6.45) is 0. The molecule has 3 aromatic rings. The third-order valence-corrected chi connectivity index (χ3v) is 3.75. The van der Waals surface area contributed by atoms with Crippen LogP contribution in [0.25, 0.3) is 16.6 Å². The third kappa shape index (κ3) is 3.12. The molecule has 0 aliphatic rings. The largest absolute Gasteiger partial charge is 0.375 e. The molecule has 2 N–H and O–H groups in total. The fraction of sp³-hybridized carbons (Fsp3) is 0.118. The minimum atomic E-state index is -0.273. The fourth-order valence-electron chi connectivity index (χ4n) is 2.45. The molecular weight excluding hydrogens is 326 g/mol. The molecule has 0 bridgehead atoms. The quantitative estimate of drug-likeness (QED) is 0.715. The Morgan fingerprint density at radius 3 is 2.83 bits per heavy atom. The summed E-state index contributed by atoms with van der Waals surface area (Å²) in [6.45, 7) is -0.0415. The van der Waals surface area contributed by atoms with E-state index in [1.54, 1.807) is 42.5 Å². The van der Waals surface area contributed by atoms with Gasteiger partial charge in [-0.05, 0) is 42.5 Å². The number of rotatable bonds is 4. The minimum absolute atomic E-state index is 0.0415. The zero-order valence-electron chi connectivity index (χ0n) is 12.9. The highest BCUT2D eigenvalue weighted by molar-refractivity contribution is 7.71. The molecule has 0 radical (unpaired) electrons. The number of methoxy groups -OCH3 is 1. The predicted molar refractivity (Wildman–Crippen MR) is 95.2 cm³/mol. The van der Waals surface area contributed by atoms with Crippen molar-refractivity contribution in [3.63, 3.8) is 0 Å². The Morgan fingerprint density at radius 1 is 1.25 bits per heavy atom. The van der Waals surface area contributed by atoms with Gasteiger partial charge < -0.3 is 15.0 Å². The summed E-state index contributed by atoms with van der Waals surface area (Å²) in [6, 6.07) is 14.1. The number of hydrogen-bond acceptors (Lipinski definition) is 4. The Bertz CT molecular complexity index is 1020. The van der Waals surface area contributed by atoms with E-state index in [2.05, 4.69) is 10.3 Å². The maximum Gasteiger partial charge on any atom is 0.266 e. The summed E-state index contributed by atoms with van der Waals surface area (Å²) in [5, 5.41) is 3.25. The van der Waals surface area contributed by atoms with Crippen molar-refractivity contribution in [3.8, 4) is 5.69 Å².